The molecule has 0 amide bonds. The molecule has 0 atom stereocenters. The largest absolute Gasteiger partial charge is 0.486 e. The minimum absolute atomic E-state index is 0. The summed E-state index contributed by atoms with van der Waals surface area (Å²) in [6.07, 6.45) is 2.65. The van der Waals surface area contributed by atoms with E-state index in [2.05, 4.69) is 48.1 Å². The molecule has 42 heavy (non-hydrogen) atoms. The fourth-order valence-electron chi connectivity index (χ4n) is 4.80. The molecular formula is C35H23F2IrN3O-2. The first-order valence-corrected chi connectivity index (χ1v) is 13.0. The summed E-state index contributed by atoms with van der Waals surface area (Å²) >= 11 is 0. The van der Waals surface area contributed by atoms with Crippen LogP contribution in [0.4, 0.5) is 8.78 Å². The quantitative estimate of drug-likeness (QED) is 0.171. The van der Waals surface area contributed by atoms with Crippen molar-refractivity contribution in [2.75, 3.05) is 0 Å². The number of halogens is 2. The van der Waals surface area contributed by atoms with Crippen LogP contribution in [0.2, 0.25) is 0 Å². The van der Waals surface area contributed by atoms with Crippen molar-refractivity contribution in [2.24, 2.45) is 0 Å². The standard InChI is InChI=1S/C24H15F2N2O.C11H8N.Ir/c1-13-5-3-6-14(2)22(13)20-10-9-16-15-7-4-8-17(23(15)29-24(16)28-20)21-11-18(25)19(26)12-27-21;1-2-6-10(7-3-1)11-8-4-5-9-12-11;/h3-7,9-12H,1-2H3;1-6,8-9H;/q2*-1;. The van der Waals surface area contributed by atoms with Crippen LogP contribution in [-0.2, 0) is 20.1 Å². The summed E-state index contributed by atoms with van der Waals surface area (Å²) in [5.41, 5.74) is 7.86. The van der Waals surface area contributed by atoms with Gasteiger partial charge in [0.25, 0.3) is 0 Å². The second-order valence-corrected chi connectivity index (χ2v) is 9.49. The van der Waals surface area contributed by atoms with Crippen LogP contribution in [0.25, 0.3) is 55.8 Å². The van der Waals surface area contributed by atoms with Gasteiger partial charge in [-0.1, -0.05) is 41.3 Å². The average Bonchev–Trinajstić information content (AvgIpc) is 3.38. The van der Waals surface area contributed by atoms with Gasteiger partial charge in [0.1, 0.15) is 0 Å². The number of rotatable bonds is 3. The molecule has 4 aromatic heterocycles. The fraction of sp³-hybridized carbons (Fsp3) is 0.0571. The van der Waals surface area contributed by atoms with E-state index in [0.29, 0.717) is 16.9 Å². The molecule has 0 N–H and O–H groups in total. The first-order chi connectivity index (χ1) is 20.0. The van der Waals surface area contributed by atoms with Gasteiger partial charge in [-0.2, -0.15) is 0 Å². The molecule has 3 aromatic carbocycles. The predicted molar refractivity (Wildman–Crippen MR) is 157 cm³/mol. The fourth-order valence-corrected chi connectivity index (χ4v) is 4.80. The zero-order chi connectivity index (χ0) is 28.3. The van der Waals surface area contributed by atoms with Gasteiger partial charge in [-0.05, 0) is 60.6 Å². The van der Waals surface area contributed by atoms with Gasteiger partial charge in [-0.3, -0.25) is 0 Å². The molecule has 0 aliphatic carbocycles. The summed E-state index contributed by atoms with van der Waals surface area (Å²) in [4.78, 5) is 12.9. The van der Waals surface area contributed by atoms with Crippen molar-refractivity contribution >= 4 is 22.1 Å². The number of benzene rings is 3. The maximum atomic E-state index is 13.7. The summed E-state index contributed by atoms with van der Waals surface area (Å²) in [5.74, 6) is -1.96. The predicted octanol–water partition coefficient (Wildman–Crippen LogP) is 8.95. The number of hydrogen-bond acceptors (Lipinski definition) is 4. The number of furan rings is 1. The smallest absolute Gasteiger partial charge is 0.216 e. The van der Waals surface area contributed by atoms with Crippen LogP contribution in [0.3, 0.4) is 0 Å². The number of hydrogen-bond donors (Lipinski definition) is 0. The van der Waals surface area contributed by atoms with E-state index in [1.54, 1.807) is 12.3 Å². The molecular weight excluding hydrogens is 709 g/mol. The molecule has 0 saturated heterocycles. The minimum atomic E-state index is -0.995. The Morgan fingerprint density at radius 1 is 0.690 bits per heavy atom. The van der Waals surface area contributed by atoms with Gasteiger partial charge in [0.2, 0.25) is 5.71 Å². The third kappa shape index (κ3) is 5.75. The molecule has 0 saturated carbocycles. The van der Waals surface area contributed by atoms with Crippen LogP contribution in [-0.4, -0.2) is 15.0 Å². The van der Waals surface area contributed by atoms with Gasteiger partial charge in [0, 0.05) is 37.3 Å². The molecule has 0 unspecified atom stereocenters. The maximum absolute atomic E-state index is 13.7. The van der Waals surface area contributed by atoms with Crippen LogP contribution >= 0.6 is 0 Å². The van der Waals surface area contributed by atoms with Crippen LogP contribution < -0.4 is 0 Å². The van der Waals surface area contributed by atoms with Crippen LogP contribution in [0, 0.1) is 37.6 Å². The van der Waals surface area contributed by atoms with E-state index < -0.39 is 11.6 Å². The Morgan fingerprint density at radius 3 is 2.21 bits per heavy atom. The molecule has 0 spiro atoms. The topological polar surface area (TPSA) is 51.8 Å². The Labute approximate surface area is 255 Å². The summed E-state index contributed by atoms with van der Waals surface area (Å²) in [6.45, 7) is 4.10. The molecule has 7 aromatic rings. The zero-order valence-corrected chi connectivity index (χ0v) is 25.0. The molecule has 0 fully saturated rings. The molecule has 209 valence electrons. The van der Waals surface area contributed by atoms with E-state index in [1.165, 1.54) is 0 Å². The summed E-state index contributed by atoms with van der Waals surface area (Å²) in [5, 5.41) is 1.66. The van der Waals surface area contributed by atoms with E-state index in [9.17, 15) is 8.78 Å². The zero-order valence-electron chi connectivity index (χ0n) is 22.7. The van der Waals surface area contributed by atoms with Gasteiger partial charge < -0.3 is 14.4 Å². The number of pyridine rings is 3. The van der Waals surface area contributed by atoms with Crippen molar-refractivity contribution in [1.82, 2.24) is 15.0 Å². The molecule has 4 heterocycles. The van der Waals surface area contributed by atoms with E-state index in [-0.39, 0.29) is 25.8 Å². The summed E-state index contributed by atoms with van der Waals surface area (Å²) < 4.78 is 33.1. The number of nitrogens with zero attached hydrogens (tertiary/aromatic N) is 3. The Balaban J connectivity index is 0.000000228. The van der Waals surface area contributed by atoms with Gasteiger partial charge in [-0.15, -0.1) is 54.1 Å². The monoisotopic (exact) mass is 732 g/mol. The summed E-state index contributed by atoms with van der Waals surface area (Å²) in [7, 11) is 0. The Kier molecular flexibility index (Phi) is 8.62. The molecule has 7 rings (SSSR count). The van der Waals surface area contributed by atoms with Crippen LogP contribution in [0.15, 0.2) is 108 Å². The third-order valence-corrected chi connectivity index (χ3v) is 6.75. The molecule has 7 heteroatoms. The molecule has 1 radical (unpaired) electrons. The van der Waals surface area contributed by atoms with Crippen LogP contribution in [0.1, 0.15) is 11.1 Å². The molecule has 0 bridgehead atoms. The van der Waals surface area contributed by atoms with E-state index in [1.807, 2.05) is 66.7 Å². The number of fused-ring (bicyclic) bond motifs is 3. The summed E-state index contributed by atoms with van der Waals surface area (Å²) in [6, 6.07) is 34.5. The van der Waals surface area contributed by atoms with Crippen LogP contribution in [0.5, 0.6) is 0 Å². The number of aromatic nitrogens is 3. The van der Waals surface area contributed by atoms with Crippen molar-refractivity contribution < 1.29 is 33.3 Å². The number of aryl methyl sites for hydroxylation is 2. The first kappa shape index (κ1) is 28.9. The van der Waals surface area contributed by atoms with Crippen molar-refractivity contribution in [3.8, 4) is 33.8 Å². The molecule has 4 nitrogen and oxygen atoms in total. The minimum Gasteiger partial charge on any atom is -0.486 e. The normalized spacial score (nSPS) is 10.7. The van der Waals surface area contributed by atoms with Gasteiger partial charge >= 0.3 is 0 Å². The average molecular weight is 732 g/mol. The van der Waals surface area contributed by atoms with Gasteiger partial charge in [0.15, 0.2) is 11.6 Å². The Bertz CT molecular complexity index is 1940. The van der Waals surface area contributed by atoms with Crippen molar-refractivity contribution in [1.29, 1.82) is 0 Å². The second-order valence-electron chi connectivity index (χ2n) is 9.49. The third-order valence-electron chi connectivity index (χ3n) is 6.75. The van der Waals surface area contributed by atoms with Gasteiger partial charge in [-0.25, -0.2) is 13.8 Å². The Hall–Kier alpha value is -4.58. The van der Waals surface area contributed by atoms with Crippen molar-refractivity contribution in [3.63, 3.8) is 0 Å². The van der Waals surface area contributed by atoms with E-state index in [0.717, 1.165) is 56.7 Å². The van der Waals surface area contributed by atoms with Crippen molar-refractivity contribution in [2.45, 2.75) is 13.8 Å². The molecule has 0 aliphatic rings. The van der Waals surface area contributed by atoms with Crippen molar-refractivity contribution in [3.05, 3.63) is 138 Å². The van der Waals surface area contributed by atoms with E-state index >= 15 is 0 Å². The molecule has 0 aliphatic heterocycles. The first-order valence-electron chi connectivity index (χ1n) is 13.0. The SMILES string of the molecule is Cc1cccc(C)c1-c1ccc2c(n1)oc1c(-c3cc(F)c(F)cn3)[c-]ccc12.[Ir].[c-]1ccccc1-c1ccccn1. The Morgan fingerprint density at radius 2 is 1.50 bits per heavy atom. The maximum Gasteiger partial charge on any atom is 0.216 e. The van der Waals surface area contributed by atoms with Gasteiger partial charge in [0.05, 0.1) is 17.5 Å². The van der Waals surface area contributed by atoms with E-state index in [4.69, 9.17) is 9.40 Å². The second kappa shape index (κ2) is 12.5.